The van der Waals surface area contributed by atoms with Crippen LogP contribution in [0.5, 0.6) is 0 Å². The van der Waals surface area contributed by atoms with E-state index in [0.717, 1.165) is 6.42 Å². The van der Waals surface area contributed by atoms with Crippen LogP contribution in [0, 0.1) is 0 Å². The van der Waals surface area contributed by atoms with Crippen molar-refractivity contribution in [1.29, 1.82) is 0 Å². The summed E-state index contributed by atoms with van der Waals surface area (Å²) in [5, 5.41) is 2.67. The molecule has 6 heteroatoms. The first kappa shape index (κ1) is 12.4. The first-order valence-corrected chi connectivity index (χ1v) is 5.48. The van der Waals surface area contributed by atoms with Gasteiger partial charge < -0.3 is 10.1 Å². The molecule has 14 heavy (non-hydrogen) atoms. The predicted octanol–water partition coefficient (Wildman–Crippen LogP) is 2.39. The Morgan fingerprint density at radius 2 is 2.14 bits per heavy atom. The summed E-state index contributed by atoms with van der Waals surface area (Å²) in [5.74, 6) is -0.374. The van der Waals surface area contributed by atoms with Gasteiger partial charge in [0.2, 0.25) is 3.79 Å². The Balaban J connectivity index is 2.74. The van der Waals surface area contributed by atoms with Crippen LogP contribution >= 0.6 is 34.8 Å². The maximum atomic E-state index is 11.4. The van der Waals surface area contributed by atoms with Crippen LogP contribution in [-0.4, -0.2) is 21.5 Å². The van der Waals surface area contributed by atoms with Gasteiger partial charge in [-0.3, -0.25) is 4.79 Å². The van der Waals surface area contributed by atoms with Crippen molar-refractivity contribution in [2.24, 2.45) is 0 Å². The number of carbonyl (C=O) groups excluding carboxylic acids is 1. The zero-order valence-corrected chi connectivity index (χ0v) is 10.2. The molecule has 1 amide bonds. The molecule has 0 spiro atoms. The summed E-state index contributed by atoms with van der Waals surface area (Å²) < 4.78 is 3.70. The minimum atomic E-state index is -1.71. The minimum Gasteiger partial charge on any atom is -0.338 e. The SMILES string of the molecule is CCCC1(C)NC(=O)C(C(Cl)(Cl)Cl)O1. The molecule has 1 fully saturated rings. The molecule has 1 N–H and O–H groups in total. The largest absolute Gasteiger partial charge is 0.338 e. The van der Waals surface area contributed by atoms with Crippen LogP contribution < -0.4 is 5.32 Å². The molecule has 0 aliphatic carbocycles. The number of rotatable bonds is 2. The van der Waals surface area contributed by atoms with Crippen molar-refractivity contribution in [2.75, 3.05) is 0 Å². The van der Waals surface area contributed by atoms with E-state index in [1.807, 2.05) is 6.92 Å². The van der Waals surface area contributed by atoms with E-state index in [-0.39, 0.29) is 5.91 Å². The van der Waals surface area contributed by atoms with E-state index in [9.17, 15) is 4.79 Å². The standard InChI is InChI=1S/C8H12Cl3NO2/c1-3-4-7(2)12-6(13)5(14-7)8(9,10)11/h5H,3-4H2,1-2H3,(H,12,13). The highest BCUT2D eigenvalue weighted by atomic mass is 35.6. The highest BCUT2D eigenvalue weighted by Gasteiger charge is 2.50. The fourth-order valence-electron chi connectivity index (χ4n) is 1.48. The van der Waals surface area contributed by atoms with E-state index < -0.39 is 15.6 Å². The molecule has 2 unspecified atom stereocenters. The Bertz CT molecular complexity index is 241. The zero-order valence-electron chi connectivity index (χ0n) is 7.94. The lowest BCUT2D eigenvalue weighted by Crippen LogP contribution is -2.39. The fraction of sp³-hybridized carbons (Fsp3) is 0.875. The van der Waals surface area contributed by atoms with E-state index in [2.05, 4.69) is 5.32 Å². The average Bonchev–Trinajstić information content (AvgIpc) is 2.26. The van der Waals surface area contributed by atoms with Gasteiger partial charge in [-0.15, -0.1) is 0 Å². The average molecular weight is 261 g/mol. The summed E-state index contributed by atoms with van der Waals surface area (Å²) in [4.78, 5) is 11.4. The van der Waals surface area contributed by atoms with Crippen LogP contribution in [0.2, 0.25) is 0 Å². The van der Waals surface area contributed by atoms with Crippen LogP contribution in [0.3, 0.4) is 0 Å². The molecule has 0 aromatic heterocycles. The third-order valence-corrected chi connectivity index (χ3v) is 2.62. The third-order valence-electron chi connectivity index (χ3n) is 2.03. The molecule has 0 aromatic carbocycles. The number of carbonyl (C=O) groups is 1. The number of alkyl halides is 3. The van der Waals surface area contributed by atoms with E-state index in [1.165, 1.54) is 0 Å². The maximum Gasteiger partial charge on any atom is 0.255 e. The van der Waals surface area contributed by atoms with Crippen LogP contribution in [-0.2, 0) is 9.53 Å². The van der Waals surface area contributed by atoms with Crippen molar-refractivity contribution in [3.05, 3.63) is 0 Å². The summed E-state index contributed by atoms with van der Waals surface area (Å²) in [7, 11) is 0. The van der Waals surface area contributed by atoms with Gasteiger partial charge in [0.25, 0.3) is 5.91 Å². The van der Waals surface area contributed by atoms with Crippen LogP contribution in [0.15, 0.2) is 0 Å². The number of hydrogen-bond acceptors (Lipinski definition) is 2. The summed E-state index contributed by atoms with van der Waals surface area (Å²) in [5.41, 5.74) is -0.708. The quantitative estimate of drug-likeness (QED) is 0.774. The van der Waals surface area contributed by atoms with Gasteiger partial charge in [-0.1, -0.05) is 48.1 Å². The lowest BCUT2D eigenvalue weighted by Gasteiger charge is -2.24. The lowest BCUT2D eigenvalue weighted by molar-refractivity contribution is -0.123. The number of amides is 1. The smallest absolute Gasteiger partial charge is 0.255 e. The van der Waals surface area contributed by atoms with Gasteiger partial charge in [-0.05, 0) is 13.3 Å². The fourth-order valence-corrected chi connectivity index (χ4v) is 1.91. The molecule has 1 rings (SSSR count). The normalized spacial score (nSPS) is 33.2. The van der Waals surface area contributed by atoms with Crippen LogP contribution in [0.1, 0.15) is 26.7 Å². The molecule has 2 atom stereocenters. The van der Waals surface area contributed by atoms with Gasteiger partial charge in [-0.25, -0.2) is 0 Å². The minimum absolute atomic E-state index is 0.374. The highest BCUT2D eigenvalue weighted by Crippen LogP contribution is 2.38. The number of hydrogen-bond donors (Lipinski definition) is 1. The lowest BCUT2D eigenvalue weighted by atomic mass is 10.1. The third kappa shape index (κ3) is 2.66. The molecule has 3 nitrogen and oxygen atoms in total. The van der Waals surface area contributed by atoms with Gasteiger partial charge in [0, 0.05) is 0 Å². The van der Waals surface area contributed by atoms with E-state index in [1.54, 1.807) is 6.92 Å². The number of nitrogens with one attached hydrogen (secondary N) is 1. The van der Waals surface area contributed by atoms with E-state index >= 15 is 0 Å². The number of ether oxygens (including phenoxy) is 1. The second kappa shape index (κ2) is 4.05. The van der Waals surface area contributed by atoms with Crippen molar-refractivity contribution in [1.82, 2.24) is 5.32 Å². The van der Waals surface area contributed by atoms with Crippen molar-refractivity contribution in [3.8, 4) is 0 Å². The second-order valence-electron chi connectivity index (χ2n) is 3.51. The van der Waals surface area contributed by atoms with Gasteiger partial charge >= 0.3 is 0 Å². The van der Waals surface area contributed by atoms with Crippen LogP contribution in [0.4, 0.5) is 0 Å². The van der Waals surface area contributed by atoms with E-state index in [0.29, 0.717) is 6.42 Å². The molecule has 0 aromatic rings. The molecule has 1 saturated heterocycles. The molecule has 1 heterocycles. The molecule has 0 saturated carbocycles. The van der Waals surface area contributed by atoms with Crippen molar-refractivity contribution in [3.63, 3.8) is 0 Å². The monoisotopic (exact) mass is 259 g/mol. The molecule has 82 valence electrons. The Hall–Kier alpha value is 0.300. The van der Waals surface area contributed by atoms with Crippen LogP contribution in [0.25, 0.3) is 0 Å². The molecule has 0 bridgehead atoms. The van der Waals surface area contributed by atoms with Gasteiger partial charge in [0.05, 0.1) is 0 Å². The Labute approximate surface area is 98.0 Å². The summed E-state index contributed by atoms with van der Waals surface area (Å²) >= 11 is 16.8. The highest BCUT2D eigenvalue weighted by molar-refractivity contribution is 6.68. The Morgan fingerprint density at radius 1 is 1.57 bits per heavy atom. The molecule has 1 aliphatic rings. The molecular weight excluding hydrogens is 248 g/mol. The molecule has 1 aliphatic heterocycles. The Morgan fingerprint density at radius 3 is 2.50 bits per heavy atom. The first-order valence-electron chi connectivity index (χ1n) is 4.35. The maximum absolute atomic E-state index is 11.4. The topological polar surface area (TPSA) is 38.3 Å². The first-order chi connectivity index (χ1) is 6.28. The van der Waals surface area contributed by atoms with Gasteiger partial charge in [-0.2, -0.15) is 0 Å². The van der Waals surface area contributed by atoms with E-state index in [4.69, 9.17) is 39.5 Å². The van der Waals surface area contributed by atoms with Gasteiger partial charge in [0.15, 0.2) is 6.10 Å². The number of halogens is 3. The summed E-state index contributed by atoms with van der Waals surface area (Å²) in [6, 6.07) is 0. The van der Waals surface area contributed by atoms with Crippen molar-refractivity contribution >= 4 is 40.7 Å². The molecule has 0 radical (unpaired) electrons. The van der Waals surface area contributed by atoms with Crippen molar-refractivity contribution in [2.45, 2.75) is 42.3 Å². The van der Waals surface area contributed by atoms with Crippen molar-refractivity contribution < 1.29 is 9.53 Å². The molecular formula is C8H12Cl3NO2. The van der Waals surface area contributed by atoms with Gasteiger partial charge in [0.1, 0.15) is 5.72 Å². The zero-order chi connectivity index (χ0) is 11.0. The summed E-state index contributed by atoms with van der Waals surface area (Å²) in [6.07, 6.45) is 0.545. The second-order valence-corrected chi connectivity index (χ2v) is 5.88. The Kier molecular flexibility index (Phi) is 3.58. The predicted molar refractivity (Wildman–Crippen MR) is 56.6 cm³/mol. The summed E-state index contributed by atoms with van der Waals surface area (Å²) in [6.45, 7) is 3.76.